The molecule has 0 radical (unpaired) electrons. The lowest BCUT2D eigenvalue weighted by molar-refractivity contribution is 0.0464. The van der Waals surface area contributed by atoms with Gasteiger partial charge >= 0.3 is 5.97 Å². The van der Waals surface area contributed by atoms with Gasteiger partial charge in [0, 0.05) is 6.07 Å². The van der Waals surface area contributed by atoms with Gasteiger partial charge in [0.15, 0.2) is 5.76 Å². The Balaban J connectivity index is 1.73. The van der Waals surface area contributed by atoms with Crippen LogP contribution in [0.4, 0.5) is 0 Å². The molecule has 10 heteroatoms. The summed E-state index contributed by atoms with van der Waals surface area (Å²) in [6.45, 7) is -0.132. The Morgan fingerprint density at radius 1 is 1.35 bits per heavy atom. The van der Waals surface area contributed by atoms with E-state index in [1.54, 1.807) is 6.07 Å². The van der Waals surface area contributed by atoms with Crippen LogP contribution in [0.2, 0.25) is 5.02 Å². The van der Waals surface area contributed by atoms with E-state index < -0.39 is 16.0 Å². The van der Waals surface area contributed by atoms with Crippen LogP contribution < -0.4 is 4.72 Å². The van der Waals surface area contributed by atoms with Gasteiger partial charge in [-0.15, -0.1) is 11.3 Å². The van der Waals surface area contributed by atoms with Crippen molar-refractivity contribution in [2.24, 2.45) is 0 Å². The Bertz CT molecular complexity index is 1030. The van der Waals surface area contributed by atoms with E-state index in [2.05, 4.69) is 9.88 Å². The Labute approximate surface area is 158 Å². The first-order valence-corrected chi connectivity index (χ1v) is 10.0. The lowest BCUT2D eigenvalue weighted by Gasteiger charge is -2.07. The molecule has 0 aliphatic rings. The molecule has 0 fully saturated rings. The molecular weight excluding hydrogens is 400 g/mol. The molecule has 3 aromatic rings. The van der Waals surface area contributed by atoms with Crippen LogP contribution in [0, 0.1) is 0 Å². The number of thiophene rings is 1. The number of hydrogen-bond acceptors (Lipinski definition) is 7. The van der Waals surface area contributed by atoms with E-state index >= 15 is 0 Å². The zero-order valence-corrected chi connectivity index (χ0v) is 15.8. The fourth-order valence-corrected chi connectivity index (χ4v) is 3.70. The van der Waals surface area contributed by atoms with E-state index in [1.807, 2.05) is 17.5 Å². The number of aromatic nitrogens is 1. The van der Waals surface area contributed by atoms with Crippen LogP contribution >= 0.6 is 22.9 Å². The molecule has 136 valence electrons. The number of halogens is 1. The first-order chi connectivity index (χ1) is 12.4. The van der Waals surface area contributed by atoms with Crippen LogP contribution in [0.5, 0.6) is 0 Å². The summed E-state index contributed by atoms with van der Waals surface area (Å²) < 4.78 is 36.3. The molecule has 0 amide bonds. The van der Waals surface area contributed by atoms with Gasteiger partial charge in [0.05, 0.1) is 20.4 Å². The van der Waals surface area contributed by atoms with Crippen LogP contribution in [-0.2, 0) is 21.4 Å². The van der Waals surface area contributed by atoms with Crippen LogP contribution in [0.15, 0.2) is 51.2 Å². The molecule has 2 heterocycles. The van der Waals surface area contributed by atoms with Gasteiger partial charge in [-0.25, -0.2) is 17.9 Å². The van der Waals surface area contributed by atoms with Crippen LogP contribution in [0.3, 0.4) is 0 Å². The molecular formula is C16H13ClN2O5S2. The molecule has 1 N–H and O–H groups in total. The van der Waals surface area contributed by atoms with Crippen LogP contribution in [0.25, 0.3) is 10.6 Å². The monoisotopic (exact) mass is 412 g/mol. The van der Waals surface area contributed by atoms with Crippen molar-refractivity contribution >= 4 is 38.9 Å². The standard InChI is InChI=1S/C16H13ClN2O5S2/c1-18-26(21,22)11-4-5-13(17)12(8-11)16(20)23-9-10-7-14(24-19-10)15-3-2-6-25-15/h2-8,18H,9H2,1H3. The second-order valence-electron chi connectivity index (χ2n) is 5.09. The predicted octanol–water partition coefficient (Wildman–Crippen LogP) is 3.32. The third-order valence-corrected chi connectivity index (χ3v) is 6.04. The highest BCUT2D eigenvalue weighted by atomic mass is 35.5. The first kappa shape index (κ1) is 18.6. The van der Waals surface area contributed by atoms with E-state index in [4.69, 9.17) is 20.9 Å². The molecule has 26 heavy (non-hydrogen) atoms. The van der Waals surface area contributed by atoms with Crippen molar-refractivity contribution in [2.45, 2.75) is 11.5 Å². The highest BCUT2D eigenvalue weighted by molar-refractivity contribution is 7.89. The van der Waals surface area contributed by atoms with Gasteiger partial charge in [-0.1, -0.05) is 22.8 Å². The first-order valence-electron chi connectivity index (χ1n) is 7.30. The van der Waals surface area contributed by atoms with Gasteiger partial charge in [0.1, 0.15) is 12.3 Å². The molecule has 0 saturated carbocycles. The van der Waals surface area contributed by atoms with Crippen molar-refractivity contribution in [2.75, 3.05) is 7.05 Å². The predicted molar refractivity (Wildman–Crippen MR) is 96.6 cm³/mol. The molecule has 0 unspecified atom stereocenters. The van der Waals surface area contributed by atoms with Crippen molar-refractivity contribution < 1.29 is 22.5 Å². The normalized spacial score (nSPS) is 11.5. The number of carbonyl (C=O) groups excluding carboxylic acids is 1. The third-order valence-electron chi connectivity index (χ3n) is 3.41. The van der Waals surface area contributed by atoms with Gasteiger partial charge in [-0.05, 0) is 36.7 Å². The summed E-state index contributed by atoms with van der Waals surface area (Å²) in [6.07, 6.45) is 0. The lowest BCUT2D eigenvalue weighted by atomic mass is 10.2. The highest BCUT2D eigenvalue weighted by Crippen LogP contribution is 2.26. The molecule has 3 rings (SSSR count). The third kappa shape index (κ3) is 3.96. The van der Waals surface area contributed by atoms with E-state index in [1.165, 1.54) is 30.5 Å². The Kier molecular flexibility index (Phi) is 5.42. The number of sulfonamides is 1. The summed E-state index contributed by atoms with van der Waals surface area (Å²) in [5, 5.41) is 5.84. The second kappa shape index (κ2) is 7.58. The number of nitrogens with one attached hydrogen (secondary N) is 1. The molecule has 1 aromatic carbocycles. The van der Waals surface area contributed by atoms with Crippen molar-refractivity contribution in [3.8, 4) is 10.6 Å². The molecule has 2 aromatic heterocycles. The van der Waals surface area contributed by atoms with Gasteiger partial charge in [-0.2, -0.15) is 0 Å². The zero-order chi connectivity index (χ0) is 18.7. The SMILES string of the molecule is CNS(=O)(=O)c1ccc(Cl)c(C(=O)OCc2cc(-c3cccs3)on2)c1. The summed E-state index contributed by atoms with van der Waals surface area (Å²) in [5.74, 6) is -0.185. The highest BCUT2D eigenvalue weighted by Gasteiger charge is 2.19. The summed E-state index contributed by atoms with van der Waals surface area (Å²) in [5.41, 5.74) is 0.377. The summed E-state index contributed by atoms with van der Waals surface area (Å²) in [6, 6.07) is 9.23. The van der Waals surface area contributed by atoms with Gasteiger partial charge in [0.2, 0.25) is 10.0 Å². The molecule has 0 aliphatic carbocycles. The summed E-state index contributed by atoms with van der Waals surface area (Å²) >= 11 is 7.49. The number of benzene rings is 1. The van der Waals surface area contributed by atoms with Crippen molar-refractivity contribution in [1.82, 2.24) is 9.88 Å². The molecule has 0 aliphatic heterocycles. The fourth-order valence-electron chi connectivity index (χ4n) is 2.08. The summed E-state index contributed by atoms with van der Waals surface area (Å²) in [7, 11) is -2.43. The number of esters is 1. The zero-order valence-electron chi connectivity index (χ0n) is 13.4. The van der Waals surface area contributed by atoms with Crippen LogP contribution in [0.1, 0.15) is 16.1 Å². The van der Waals surface area contributed by atoms with Crippen molar-refractivity contribution in [3.05, 3.63) is 58.1 Å². The van der Waals surface area contributed by atoms with Crippen molar-refractivity contribution in [3.63, 3.8) is 0 Å². The largest absolute Gasteiger partial charge is 0.455 e. The number of hydrogen-bond donors (Lipinski definition) is 1. The maximum absolute atomic E-state index is 12.3. The lowest BCUT2D eigenvalue weighted by Crippen LogP contribution is -2.19. The molecule has 7 nitrogen and oxygen atoms in total. The average Bonchev–Trinajstić information content (AvgIpc) is 3.31. The minimum Gasteiger partial charge on any atom is -0.455 e. The smallest absolute Gasteiger partial charge is 0.340 e. The fraction of sp³-hybridized carbons (Fsp3) is 0.125. The van der Waals surface area contributed by atoms with Gasteiger partial charge < -0.3 is 9.26 Å². The molecule has 0 saturated heterocycles. The summed E-state index contributed by atoms with van der Waals surface area (Å²) in [4.78, 5) is 13.1. The number of nitrogens with zero attached hydrogens (tertiary/aromatic N) is 1. The van der Waals surface area contributed by atoms with E-state index in [9.17, 15) is 13.2 Å². The topological polar surface area (TPSA) is 98.5 Å². The molecule has 0 atom stereocenters. The number of carbonyl (C=O) groups is 1. The maximum atomic E-state index is 12.3. The Hall–Kier alpha value is -2.20. The van der Waals surface area contributed by atoms with Gasteiger partial charge in [-0.3, -0.25) is 0 Å². The minimum atomic E-state index is -3.70. The van der Waals surface area contributed by atoms with E-state index in [0.29, 0.717) is 11.5 Å². The molecule has 0 spiro atoms. The van der Waals surface area contributed by atoms with Crippen LogP contribution in [-0.4, -0.2) is 26.6 Å². The average molecular weight is 413 g/mol. The Morgan fingerprint density at radius 3 is 2.85 bits per heavy atom. The quantitative estimate of drug-likeness (QED) is 0.623. The van der Waals surface area contributed by atoms with E-state index in [0.717, 1.165) is 10.9 Å². The Morgan fingerprint density at radius 2 is 2.15 bits per heavy atom. The van der Waals surface area contributed by atoms with Gasteiger partial charge in [0.25, 0.3) is 0 Å². The number of rotatable bonds is 6. The number of ether oxygens (including phenoxy) is 1. The second-order valence-corrected chi connectivity index (χ2v) is 8.33. The molecule has 0 bridgehead atoms. The maximum Gasteiger partial charge on any atom is 0.340 e. The minimum absolute atomic E-state index is 0.0510. The van der Waals surface area contributed by atoms with E-state index in [-0.39, 0.29) is 22.1 Å². The van der Waals surface area contributed by atoms with Crippen molar-refractivity contribution in [1.29, 1.82) is 0 Å².